The van der Waals surface area contributed by atoms with E-state index in [1.165, 1.54) is 6.42 Å². The molecule has 1 atom stereocenters. The van der Waals surface area contributed by atoms with Gasteiger partial charge in [0.25, 0.3) is 0 Å². The molecule has 0 saturated heterocycles. The van der Waals surface area contributed by atoms with Crippen molar-refractivity contribution in [1.82, 2.24) is 0 Å². The number of halogens is 1. The molecule has 0 aromatic heterocycles. The van der Waals surface area contributed by atoms with Gasteiger partial charge in [0.2, 0.25) is 0 Å². The first-order valence-corrected chi connectivity index (χ1v) is 6.44. The highest BCUT2D eigenvalue weighted by Gasteiger charge is 2.20. The smallest absolute Gasteiger partial charge is 0.140 e. The first kappa shape index (κ1) is 12.7. The van der Waals surface area contributed by atoms with E-state index >= 15 is 0 Å². The first-order valence-electron chi connectivity index (χ1n) is 6.06. The Kier molecular flexibility index (Phi) is 3.92. The minimum Gasteiger partial charge on any atom is -0.506 e. The predicted molar refractivity (Wildman–Crippen MR) is 68.4 cm³/mol. The van der Waals surface area contributed by atoms with E-state index in [9.17, 15) is 10.2 Å². The van der Waals surface area contributed by atoms with Crippen molar-refractivity contribution in [3.8, 4) is 5.75 Å². The van der Waals surface area contributed by atoms with E-state index in [-0.39, 0.29) is 12.3 Å². The fourth-order valence-corrected chi connectivity index (χ4v) is 2.75. The van der Waals surface area contributed by atoms with Crippen molar-refractivity contribution in [2.24, 2.45) is 5.73 Å². The van der Waals surface area contributed by atoms with Crippen molar-refractivity contribution in [3.05, 3.63) is 27.8 Å². The Morgan fingerprint density at radius 1 is 1.29 bits per heavy atom. The van der Waals surface area contributed by atoms with Crippen LogP contribution in [0.15, 0.2) is 6.07 Å². The van der Waals surface area contributed by atoms with Crippen LogP contribution in [0.4, 0.5) is 0 Å². The molecule has 2 rings (SSSR count). The summed E-state index contributed by atoms with van der Waals surface area (Å²) in [6.07, 6.45) is 4.43. The summed E-state index contributed by atoms with van der Waals surface area (Å²) in [5, 5.41) is 20.2. The molecule has 0 amide bonds. The molecule has 1 aliphatic rings. The van der Waals surface area contributed by atoms with Crippen LogP contribution in [0.25, 0.3) is 0 Å². The number of rotatable bonds is 2. The first-order chi connectivity index (χ1) is 8.15. The van der Waals surface area contributed by atoms with Crippen molar-refractivity contribution in [3.63, 3.8) is 0 Å². The van der Waals surface area contributed by atoms with E-state index in [1.807, 2.05) is 6.07 Å². The van der Waals surface area contributed by atoms with Gasteiger partial charge in [0, 0.05) is 12.1 Å². The summed E-state index contributed by atoms with van der Waals surface area (Å²) in [5.41, 5.74) is 8.07. The molecule has 17 heavy (non-hydrogen) atoms. The predicted octanol–water partition coefficient (Wildman–Crippen LogP) is 2.31. The second-order valence-corrected chi connectivity index (χ2v) is 4.96. The van der Waals surface area contributed by atoms with Crippen molar-refractivity contribution >= 4 is 11.6 Å². The van der Waals surface area contributed by atoms with E-state index in [1.54, 1.807) is 0 Å². The van der Waals surface area contributed by atoms with Gasteiger partial charge in [-0.25, -0.2) is 0 Å². The van der Waals surface area contributed by atoms with Crippen molar-refractivity contribution in [1.29, 1.82) is 0 Å². The normalized spacial score (nSPS) is 17.4. The fourth-order valence-electron chi connectivity index (χ4n) is 2.42. The Hall–Kier alpha value is -0.770. The maximum Gasteiger partial charge on any atom is 0.140 e. The number of benzene rings is 1. The number of aryl methyl sites for hydroxylation is 1. The van der Waals surface area contributed by atoms with Gasteiger partial charge in [0.15, 0.2) is 0 Å². The highest BCUT2D eigenvalue weighted by Crippen LogP contribution is 2.39. The van der Waals surface area contributed by atoms with E-state index in [2.05, 4.69) is 0 Å². The molecule has 0 radical (unpaired) electrons. The van der Waals surface area contributed by atoms with Crippen LogP contribution in [-0.4, -0.2) is 16.8 Å². The summed E-state index contributed by atoms with van der Waals surface area (Å²) in [6, 6.07) is 1.86. The van der Waals surface area contributed by atoms with Gasteiger partial charge >= 0.3 is 0 Å². The van der Waals surface area contributed by atoms with E-state index < -0.39 is 6.10 Å². The molecular weight excluding hydrogens is 238 g/mol. The third-order valence-corrected chi connectivity index (χ3v) is 3.83. The molecule has 4 N–H and O–H groups in total. The van der Waals surface area contributed by atoms with Gasteiger partial charge in [-0.3, -0.25) is 0 Å². The number of aromatic hydroxyl groups is 1. The standard InChI is InChI=1S/C13H18ClNO2/c14-12-9-5-3-1-2-4-8(9)6-10(13(12)17)11(16)7-15/h6,11,16-17H,1-5,7,15H2. The van der Waals surface area contributed by atoms with Gasteiger partial charge in [-0.15, -0.1) is 0 Å². The zero-order chi connectivity index (χ0) is 12.4. The van der Waals surface area contributed by atoms with Crippen LogP contribution in [0.1, 0.15) is 42.1 Å². The Balaban J connectivity index is 2.51. The Morgan fingerprint density at radius 2 is 2.00 bits per heavy atom. The van der Waals surface area contributed by atoms with Gasteiger partial charge in [-0.2, -0.15) is 0 Å². The van der Waals surface area contributed by atoms with E-state index in [0.717, 1.165) is 36.8 Å². The Bertz CT molecular complexity index is 420. The highest BCUT2D eigenvalue weighted by molar-refractivity contribution is 6.33. The second-order valence-electron chi connectivity index (χ2n) is 4.58. The largest absolute Gasteiger partial charge is 0.506 e. The van der Waals surface area contributed by atoms with Gasteiger partial charge in [0.05, 0.1) is 11.1 Å². The zero-order valence-corrected chi connectivity index (χ0v) is 10.5. The number of nitrogens with two attached hydrogens (primary N) is 1. The van der Waals surface area contributed by atoms with Crippen molar-refractivity contribution in [2.75, 3.05) is 6.54 Å². The van der Waals surface area contributed by atoms with Gasteiger partial charge in [0.1, 0.15) is 5.75 Å². The second kappa shape index (κ2) is 5.25. The summed E-state index contributed by atoms with van der Waals surface area (Å²) in [7, 11) is 0. The Labute approximate surface area is 106 Å². The van der Waals surface area contributed by atoms with Gasteiger partial charge in [-0.1, -0.05) is 18.0 Å². The lowest BCUT2D eigenvalue weighted by Gasteiger charge is -2.17. The molecule has 0 heterocycles. The SMILES string of the molecule is NCC(O)c1cc2c(c(Cl)c1O)CCCCC2. The number of aliphatic hydroxyl groups is 1. The minimum atomic E-state index is -0.846. The molecule has 1 aromatic carbocycles. The molecule has 4 heteroatoms. The van der Waals surface area contributed by atoms with Crippen LogP contribution in [0, 0.1) is 0 Å². The number of hydrogen-bond donors (Lipinski definition) is 3. The zero-order valence-electron chi connectivity index (χ0n) is 9.75. The molecule has 0 aliphatic heterocycles. The average Bonchev–Trinajstić information content (AvgIpc) is 2.58. The van der Waals surface area contributed by atoms with Crippen molar-refractivity contribution < 1.29 is 10.2 Å². The number of hydrogen-bond acceptors (Lipinski definition) is 3. The fraction of sp³-hybridized carbons (Fsp3) is 0.538. The molecule has 0 spiro atoms. The molecule has 94 valence electrons. The lowest BCUT2D eigenvalue weighted by Crippen LogP contribution is -2.12. The number of phenols is 1. The molecule has 3 nitrogen and oxygen atoms in total. The number of aliphatic hydroxyl groups excluding tert-OH is 1. The van der Waals surface area contributed by atoms with Crippen LogP contribution >= 0.6 is 11.6 Å². The average molecular weight is 256 g/mol. The molecule has 0 fully saturated rings. The summed E-state index contributed by atoms with van der Waals surface area (Å²) < 4.78 is 0. The lowest BCUT2D eigenvalue weighted by atomic mass is 9.96. The van der Waals surface area contributed by atoms with Crippen LogP contribution < -0.4 is 5.73 Å². The monoisotopic (exact) mass is 255 g/mol. The van der Waals surface area contributed by atoms with E-state index in [0.29, 0.717) is 10.6 Å². The maximum absolute atomic E-state index is 10.00. The molecule has 0 saturated carbocycles. The van der Waals surface area contributed by atoms with Crippen LogP contribution in [0.3, 0.4) is 0 Å². The van der Waals surface area contributed by atoms with Crippen molar-refractivity contribution in [2.45, 2.75) is 38.2 Å². The molecule has 1 unspecified atom stereocenters. The lowest BCUT2D eigenvalue weighted by molar-refractivity contribution is 0.182. The van der Waals surface area contributed by atoms with Crippen LogP contribution in [0.5, 0.6) is 5.75 Å². The summed E-state index contributed by atoms with van der Waals surface area (Å²) >= 11 is 6.19. The molecular formula is C13H18ClNO2. The third kappa shape index (κ3) is 2.41. The molecule has 0 bridgehead atoms. The van der Waals surface area contributed by atoms with E-state index in [4.69, 9.17) is 17.3 Å². The van der Waals surface area contributed by atoms with Crippen LogP contribution in [-0.2, 0) is 12.8 Å². The summed E-state index contributed by atoms with van der Waals surface area (Å²) in [4.78, 5) is 0. The van der Waals surface area contributed by atoms with Crippen LogP contribution in [0.2, 0.25) is 5.02 Å². The maximum atomic E-state index is 10.00. The van der Waals surface area contributed by atoms with Gasteiger partial charge < -0.3 is 15.9 Å². The third-order valence-electron chi connectivity index (χ3n) is 3.42. The molecule has 1 aromatic rings. The summed E-state index contributed by atoms with van der Waals surface area (Å²) in [6.45, 7) is 0.0860. The Morgan fingerprint density at radius 3 is 2.71 bits per heavy atom. The number of phenolic OH excluding ortho intramolecular Hbond substituents is 1. The summed E-state index contributed by atoms with van der Waals surface area (Å²) in [5.74, 6) is -0.00901. The highest BCUT2D eigenvalue weighted by atomic mass is 35.5. The van der Waals surface area contributed by atoms with Gasteiger partial charge in [-0.05, 0) is 42.9 Å². The topological polar surface area (TPSA) is 66.5 Å². The number of fused-ring (bicyclic) bond motifs is 1. The molecule has 1 aliphatic carbocycles. The quantitative estimate of drug-likeness (QED) is 0.711. The minimum absolute atomic E-state index is 0.00901.